The third-order valence-corrected chi connectivity index (χ3v) is 2.64. The first kappa shape index (κ1) is 9.79. The summed E-state index contributed by atoms with van der Waals surface area (Å²) in [7, 11) is 0. The monoisotopic (exact) mass is 167 g/mol. The van der Waals surface area contributed by atoms with Gasteiger partial charge in [0.2, 0.25) is 0 Å². The van der Waals surface area contributed by atoms with Crippen molar-refractivity contribution < 1.29 is 0 Å². The van der Waals surface area contributed by atoms with Gasteiger partial charge in [0.25, 0.3) is 0 Å². The van der Waals surface area contributed by atoms with Gasteiger partial charge in [-0.25, -0.2) is 0 Å². The summed E-state index contributed by atoms with van der Waals surface area (Å²) in [6.07, 6.45) is 7.38. The average Bonchev–Trinajstić information content (AvgIpc) is 1.95. The van der Waals surface area contributed by atoms with E-state index in [1.165, 1.54) is 19.4 Å². The predicted octanol–water partition coefficient (Wildman–Crippen LogP) is 2.68. The zero-order chi connectivity index (χ0) is 8.97. The van der Waals surface area contributed by atoms with Crippen LogP contribution in [0.2, 0.25) is 0 Å². The van der Waals surface area contributed by atoms with Gasteiger partial charge in [-0.05, 0) is 39.2 Å². The van der Waals surface area contributed by atoms with Gasteiger partial charge in [0, 0.05) is 12.6 Å². The van der Waals surface area contributed by atoms with Gasteiger partial charge < -0.3 is 0 Å². The highest BCUT2D eigenvalue weighted by molar-refractivity contribution is 4.91. The van der Waals surface area contributed by atoms with E-state index in [9.17, 15) is 0 Å². The highest BCUT2D eigenvalue weighted by atomic mass is 15.1. The molecule has 1 unspecified atom stereocenters. The number of hydrogen-bond donors (Lipinski definition) is 0. The number of rotatable bonds is 1. The Hall–Kier alpha value is -0.300. The molecule has 1 atom stereocenters. The largest absolute Gasteiger partial charge is 0.297 e. The Labute approximate surface area is 76.5 Å². The second kappa shape index (κ2) is 4.66. The van der Waals surface area contributed by atoms with Crippen LogP contribution in [0.3, 0.4) is 0 Å². The zero-order valence-corrected chi connectivity index (χ0v) is 8.59. The molecule has 70 valence electrons. The van der Waals surface area contributed by atoms with Crippen molar-refractivity contribution in [1.29, 1.82) is 0 Å². The number of allylic oxidation sites excluding steroid dienone is 1. The van der Waals surface area contributed by atoms with Crippen LogP contribution in [0.5, 0.6) is 0 Å². The average molecular weight is 167 g/mol. The van der Waals surface area contributed by atoms with E-state index in [4.69, 9.17) is 0 Å². The summed E-state index contributed by atoms with van der Waals surface area (Å²) in [5.74, 6) is 0.791. The number of nitrogens with zero attached hydrogens (tertiary/aromatic N) is 1. The van der Waals surface area contributed by atoms with Crippen LogP contribution in [0.4, 0.5) is 0 Å². The molecule has 0 fully saturated rings. The molecule has 0 aromatic heterocycles. The maximum Gasteiger partial charge on any atom is 0.0166 e. The molecule has 1 aliphatic heterocycles. The summed E-state index contributed by atoms with van der Waals surface area (Å²) in [6.45, 7) is 9.27. The lowest BCUT2D eigenvalue weighted by Gasteiger charge is -2.27. The Morgan fingerprint density at radius 1 is 1.42 bits per heavy atom. The molecule has 12 heavy (non-hydrogen) atoms. The van der Waals surface area contributed by atoms with Crippen LogP contribution in [0, 0.1) is 5.92 Å². The van der Waals surface area contributed by atoms with Crippen molar-refractivity contribution in [2.75, 3.05) is 13.1 Å². The molecule has 1 rings (SSSR count). The van der Waals surface area contributed by atoms with Crippen molar-refractivity contribution in [3.8, 4) is 0 Å². The highest BCUT2D eigenvalue weighted by Crippen LogP contribution is 2.12. The minimum atomic E-state index is 0.697. The van der Waals surface area contributed by atoms with Crippen LogP contribution in [-0.2, 0) is 0 Å². The van der Waals surface area contributed by atoms with Gasteiger partial charge in [-0.1, -0.05) is 19.1 Å². The topological polar surface area (TPSA) is 3.24 Å². The molecule has 0 bridgehead atoms. The van der Waals surface area contributed by atoms with Crippen molar-refractivity contribution in [2.24, 2.45) is 5.92 Å². The maximum atomic E-state index is 2.53. The summed E-state index contributed by atoms with van der Waals surface area (Å²) in [6, 6.07) is 0.697. The van der Waals surface area contributed by atoms with Gasteiger partial charge in [-0.3, -0.25) is 4.90 Å². The van der Waals surface area contributed by atoms with E-state index in [1.54, 1.807) is 0 Å². The molecule has 0 amide bonds. The fraction of sp³-hybridized carbons (Fsp3) is 0.818. The van der Waals surface area contributed by atoms with E-state index in [1.807, 2.05) is 0 Å². The quantitative estimate of drug-likeness (QED) is 0.543. The Bertz CT molecular complexity index is 149. The molecule has 1 heteroatoms. The minimum absolute atomic E-state index is 0.697. The molecule has 1 nitrogen and oxygen atoms in total. The molecular formula is C11H21N. The van der Waals surface area contributed by atoms with E-state index >= 15 is 0 Å². The molecule has 0 saturated heterocycles. The Morgan fingerprint density at radius 3 is 2.83 bits per heavy atom. The first-order valence-corrected chi connectivity index (χ1v) is 5.11. The maximum absolute atomic E-state index is 2.53. The fourth-order valence-corrected chi connectivity index (χ4v) is 1.70. The van der Waals surface area contributed by atoms with Gasteiger partial charge in [0.1, 0.15) is 0 Å². The van der Waals surface area contributed by atoms with Crippen molar-refractivity contribution >= 4 is 0 Å². The number of hydrogen-bond acceptors (Lipinski definition) is 1. The van der Waals surface area contributed by atoms with E-state index in [2.05, 4.69) is 37.8 Å². The highest BCUT2D eigenvalue weighted by Gasteiger charge is 2.09. The van der Waals surface area contributed by atoms with E-state index in [0.717, 1.165) is 12.5 Å². The second-order valence-electron chi connectivity index (χ2n) is 4.14. The first-order valence-electron chi connectivity index (χ1n) is 5.11. The predicted molar refractivity (Wildman–Crippen MR) is 54.2 cm³/mol. The van der Waals surface area contributed by atoms with Crippen LogP contribution in [-0.4, -0.2) is 24.0 Å². The molecular weight excluding hydrogens is 146 g/mol. The van der Waals surface area contributed by atoms with Crippen LogP contribution in [0.15, 0.2) is 12.2 Å². The van der Waals surface area contributed by atoms with Crippen molar-refractivity contribution in [1.82, 2.24) is 4.90 Å². The normalized spacial score (nSPS) is 29.8. The molecule has 0 spiro atoms. The summed E-state index contributed by atoms with van der Waals surface area (Å²) >= 11 is 0. The molecule has 0 radical (unpaired) electrons. The Balaban J connectivity index is 2.44. The third-order valence-electron chi connectivity index (χ3n) is 2.64. The Kier molecular flexibility index (Phi) is 3.80. The second-order valence-corrected chi connectivity index (χ2v) is 4.14. The lowest BCUT2D eigenvalue weighted by atomic mass is 10.0. The van der Waals surface area contributed by atoms with Crippen LogP contribution in [0.25, 0.3) is 0 Å². The molecule has 0 aromatic carbocycles. The van der Waals surface area contributed by atoms with Gasteiger partial charge in [0.05, 0.1) is 0 Å². The molecule has 0 aromatic rings. The first-order chi connectivity index (χ1) is 5.70. The van der Waals surface area contributed by atoms with Crippen molar-refractivity contribution in [3.63, 3.8) is 0 Å². The summed E-state index contributed by atoms with van der Waals surface area (Å²) in [5.41, 5.74) is 0. The molecule has 0 aliphatic carbocycles. The fourth-order valence-electron chi connectivity index (χ4n) is 1.70. The van der Waals surface area contributed by atoms with Crippen molar-refractivity contribution in [3.05, 3.63) is 12.2 Å². The molecule has 0 saturated carbocycles. The smallest absolute Gasteiger partial charge is 0.0166 e. The van der Waals surface area contributed by atoms with Gasteiger partial charge in [-0.15, -0.1) is 0 Å². The third kappa shape index (κ3) is 2.98. The summed E-state index contributed by atoms with van der Waals surface area (Å²) < 4.78 is 0. The van der Waals surface area contributed by atoms with Crippen molar-refractivity contribution in [2.45, 2.75) is 39.7 Å². The van der Waals surface area contributed by atoms with Crippen LogP contribution >= 0.6 is 0 Å². The Morgan fingerprint density at radius 2 is 2.17 bits per heavy atom. The van der Waals surface area contributed by atoms with Gasteiger partial charge >= 0.3 is 0 Å². The molecule has 1 heterocycles. The summed E-state index contributed by atoms with van der Waals surface area (Å²) in [4.78, 5) is 2.53. The van der Waals surface area contributed by atoms with E-state index < -0.39 is 0 Å². The standard InChI is InChI=1S/C11H21N/c1-10(2)12-8-4-6-11(3)7-5-9-12/h4,6,10-11H,5,7-9H2,1-3H3/b6-4-. The van der Waals surface area contributed by atoms with Gasteiger partial charge in [-0.2, -0.15) is 0 Å². The zero-order valence-electron chi connectivity index (χ0n) is 8.59. The molecule has 0 N–H and O–H groups in total. The SMILES string of the molecule is CC1/C=C\CN(C(C)C)CCC1. The van der Waals surface area contributed by atoms with E-state index in [0.29, 0.717) is 6.04 Å². The van der Waals surface area contributed by atoms with Crippen LogP contribution in [0.1, 0.15) is 33.6 Å². The van der Waals surface area contributed by atoms with Gasteiger partial charge in [0.15, 0.2) is 0 Å². The lowest BCUT2D eigenvalue weighted by Crippen LogP contribution is -2.32. The van der Waals surface area contributed by atoms with Crippen LogP contribution < -0.4 is 0 Å². The lowest BCUT2D eigenvalue weighted by molar-refractivity contribution is 0.234. The minimum Gasteiger partial charge on any atom is -0.297 e. The molecule has 1 aliphatic rings. The summed E-state index contributed by atoms with van der Waals surface area (Å²) in [5, 5.41) is 0. The van der Waals surface area contributed by atoms with E-state index in [-0.39, 0.29) is 0 Å².